The molecular formula is C22H27FN2O4S. The van der Waals surface area contributed by atoms with Crippen molar-refractivity contribution in [3.63, 3.8) is 0 Å². The Morgan fingerprint density at radius 1 is 1.27 bits per heavy atom. The van der Waals surface area contributed by atoms with Gasteiger partial charge in [-0.05, 0) is 51.5 Å². The molecule has 2 aromatic carbocycles. The molecule has 0 fully saturated rings. The lowest BCUT2D eigenvalue weighted by Crippen LogP contribution is -2.50. The number of amides is 1. The maximum absolute atomic E-state index is 14.3. The number of fused-ring (bicyclic) bond motifs is 1. The van der Waals surface area contributed by atoms with Gasteiger partial charge in [0.25, 0.3) is 0 Å². The van der Waals surface area contributed by atoms with E-state index in [1.165, 1.54) is 25.1 Å². The van der Waals surface area contributed by atoms with E-state index in [-0.39, 0.29) is 11.7 Å². The largest absolute Gasteiger partial charge is 0.487 e. The van der Waals surface area contributed by atoms with Crippen LogP contribution in [0.4, 0.5) is 10.1 Å². The second-order valence-electron chi connectivity index (χ2n) is 8.35. The van der Waals surface area contributed by atoms with Crippen molar-refractivity contribution in [3.8, 4) is 5.75 Å². The highest BCUT2D eigenvalue weighted by Gasteiger charge is 2.37. The predicted molar refractivity (Wildman–Crippen MR) is 115 cm³/mol. The standard InChI is InChI=1S/C22H27FN2O4S/c1-14-10-11-16-18(13-22(3,4)29-20(16)12-14)24-21(26)15(2)25(30(5,27)28)19-9-7-6-8-17(19)23/h6-12,15,18H,13H2,1-5H3,(H,24,26)/t15-,18-/m0/s1. The van der Waals surface area contributed by atoms with E-state index < -0.39 is 33.4 Å². The molecule has 30 heavy (non-hydrogen) atoms. The van der Waals surface area contributed by atoms with Gasteiger partial charge in [-0.3, -0.25) is 9.10 Å². The second-order valence-corrected chi connectivity index (χ2v) is 10.2. The van der Waals surface area contributed by atoms with Crippen LogP contribution >= 0.6 is 0 Å². The Balaban J connectivity index is 1.92. The Labute approximate surface area is 177 Å². The molecule has 0 aromatic heterocycles. The number of hydrogen-bond acceptors (Lipinski definition) is 4. The maximum Gasteiger partial charge on any atom is 0.244 e. The lowest BCUT2D eigenvalue weighted by atomic mass is 9.89. The van der Waals surface area contributed by atoms with Crippen LogP contribution in [0.1, 0.15) is 44.4 Å². The number of aryl methyl sites for hydroxylation is 1. The summed E-state index contributed by atoms with van der Waals surface area (Å²) in [7, 11) is -3.91. The van der Waals surface area contributed by atoms with Crippen molar-refractivity contribution in [1.82, 2.24) is 5.32 Å². The van der Waals surface area contributed by atoms with E-state index in [9.17, 15) is 17.6 Å². The van der Waals surface area contributed by atoms with Gasteiger partial charge in [0, 0.05) is 12.0 Å². The molecule has 1 heterocycles. The van der Waals surface area contributed by atoms with Crippen molar-refractivity contribution >= 4 is 21.6 Å². The third kappa shape index (κ3) is 4.59. The third-order valence-electron chi connectivity index (χ3n) is 5.12. The van der Waals surface area contributed by atoms with Gasteiger partial charge in [0.1, 0.15) is 23.2 Å². The van der Waals surface area contributed by atoms with Gasteiger partial charge in [0.15, 0.2) is 0 Å². The molecule has 1 aliphatic rings. The first-order valence-corrected chi connectivity index (χ1v) is 11.6. The number of ether oxygens (including phenoxy) is 1. The number of anilines is 1. The number of hydrogen-bond donors (Lipinski definition) is 1. The normalized spacial score (nSPS) is 18.7. The quantitative estimate of drug-likeness (QED) is 0.779. The summed E-state index contributed by atoms with van der Waals surface area (Å²) < 4.78 is 46.0. The van der Waals surface area contributed by atoms with Gasteiger partial charge in [0.2, 0.25) is 15.9 Å². The van der Waals surface area contributed by atoms with E-state index in [1.807, 2.05) is 39.0 Å². The summed E-state index contributed by atoms with van der Waals surface area (Å²) in [6.45, 7) is 7.27. The fraction of sp³-hybridized carbons (Fsp3) is 0.409. The molecule has 1 amide bonds. The Morgan fingerprint density at radius 3 is 2.57 bits per heavy atom. The summed E-state index contributed by atoms with van der Waals surface area (Å²) in [6.07, 6.45) is 1.47. The fourth-order valence-electron chi connectivity index (χ4n) is 3.79. The summed E-state index contributed by atoms with van der Waals surface area (Å²) in [6, 6.07) is 9.76. The molecule has 8 heteroatoms. The lowest BCUT2D eigenvalue weighted by molar-refractivity contribution is -0.123. The molecule has 3 rings (SSSR count). The average Bonchev–Trinajstić information content (AvgIpc) is 2.61. The molecule has 0 bridgehead atoms. The molecule has 0 aliphatic carbocycles. The molecular weight excluding hydrogens is 407 g/mol. The molecule has 2 atom stereocenters. The second kappa shape index (κ2) is 7.91. The molecule has 0 saturated carbocycles. The van der Waals surface area contributed by atoms with Crippen LogP contribution in [-0.4, -0.2) is 32.2 Å². The van der Waals surface area contributed by atoms with Crippen molar-refractivity contribution in [2.24, 2.45) is 0 Å². The summed E-state index contributed by atoms with van der Waals surface area (Å²) >= 11 is 0. The van der Waals surface area contributed by atoms with Gasteiger partial charge in [0.05, 0.1) is 18.0 Å². The van der Waals surface area contributed by atoms with Crippen molar-refractivity contribution in [2.45, 2.75) is 51.8 Å². The monoisotopic (exact) mass is 434 g/mol. The van der Waals surface area contributed by atoms with Gasteiger partial charge < -0.3 is 10.1 Å². The van der Waals surface area contributed by atoms with Crippen LogP contribution in [0.5, 0.6) is 5.75 Å². The topological polar surface area (TPSA) is 75.7 Å². The number of benzene rings is 2. The highest BCUT2D eigenvalue weighted by molar-refractivity contribution is 7.92. The number of sulfonamides is 1. The zero-order chi connectivity index (χ0) is 22.3. The van der Waals surface area contributed by atoms with Crippen LogP contribution in [0.3, 0.4) is 0 Å². The van der Waals surface area contributed by atoms with Gasteiger partial charge in [-0.1, -0.05) is 24.3 Å². The number of carbonyl (C=O) groups excluding carboxylic acids is 1. The third-order valence-corrected chi connectivity index (χ3v) is 6.35. The first-order valence-electron chi connectivity index (χ1n) is 9.73. The van der Waals surface area contributed by atoms with Gasteiger partial charge in [-0.2, -0.15) is 0 Å². The van der Waals surface area contributed by atoms with Crippen LogP contribution in [0.15, 0.2) is 42.5 Å². The van der Waals surface area contributed by atoms with Crippen molar-refractivity contribution in [2.75, 3.05) is 10.6 Å². The first-order chi connectivity index (χ1) is 13.9. The minimum atomic E-state index is -3.91. The van der Waals surface area contributed by atoms with E-state index in [4.69, 9.17) is 4.74 Å². The van der Waals surface area contributed by atoms with Crippen LogP contribution < -0.4 is 14.4 Å². The Morgan fingerprint density at radius 2 is 1.93 bits per heavy atom. The summed E-state index contributed by atoms with van der Waals surface area (Å²) in [4.78, 5) is 13.1. The van der Waals surface area contributed by atoms with E-state index in [1.54, 1.807) is 0 Å². The number of para-hydroxylation sites is 1. The number of nitrogens with zero attached hydrogens (tertiary/aromatic N) is 1. The fourth-order valence-corrected chi connectivity index (χ4v) is 4.97. The highest BCUT2D eigenvalue weighted by atomic mass is 32.2. The first kappa shape index (κ1) is 22.1. The molecule has 0 radical (unpaired) electrons. The molecule has 6 nitrogen and oxygen atoms in total. The number of halogens is 1. The molecule has 0 spiro atoms. The van der Waals surface area contributed by atoms with Crippen LogP contribution in [-0.2, 0) is 14.8 Å². The van der Waals surface area contributed by atoms with Gasteiger partial charge in [-0.15, -0.1) is 0 Å². The molecule has 0 saturated heterocycles. The van der Waals surface area contributed by atoms with Crippen molar-refractivity contribution in [1.29, 1.82) is 0 Å². The Hall–Kier alpha value is -2.61. The van der Waals surface area contributed by atoms with Gasteiger partial charge >= 0.3 is 0 Å². The molecule has 0 unspecified atom stereocenters. The number of carbonyl (C=O) groups is 1. The lowest BCUT2D eigenvalue weighted by Gasteiger charge is -2.39. The smallest absolute Gasteiger partial charge is 0.244 e. The SMILES string of the molecule is Cc1ccc2c(c1)OC(C)(C)C[C@@H]2NC(=O)[C@H](C)N(c1ccccc1F)S(C)(=O)=O. The molecule has 1 aliphatic heterocycles. The predicted octanol–water partition coefficient (Wildman–Crippen LogP) is 3.71. The minimum Gasteiger partial charge on any atom is -0.487 e. The number of rotatable bonds is 5. The average molecular weight is 435 g/mol. The van der Waals surface area contributed by atoms with E-state index in [0.717, 1.165) is 27.8 Å². The zero-order valence-corrected chi connectivity index (χ0v) is 18.6. The molecule has 162 valence electrons. The summed E-state index contributed by atoms with van der Waals surface area (Å²) in [5, 5.41) is 2.94. The molecule has 1 N–H and O–H groups in total. The Bertz CT molecular complexity index is 1070. The zero-order valence-electron chi connectivity index (χ0n) is 17.8. The van der Waals surface area contributed by atoms with Crippen LogP contribution in [0.25, 0.3) is 0 Å². The Kier molecular flexibility index (Phi) is 5.82. The number of nitrogens with one attached hydrogen (secondary N) is 1. The van der Waals surface area contributed by atoms with Crippen molar-refractivity contribution in [3.05, 3.63) is 59.4 Å². The van der Waals surface area contributed by atoms with E-state index in [0.29, 0.717) is 12.2 Å². The minimum absolute atomic E-state index is 0.161. The maximum atomic E-state index is 14.3. The highest BCUT2D eigenvalue weighted by Crippen LogP contribution is 2.40. The van der Waals surface area contributed by atoms with Crippen LogP contribution in [0.2, 0.25) is 0 Å². The van der Waals surface area contributed by atoms with E-state index in [2.05, 4.69) is 5.32 Å². The van der Waals surface area contributed by atoms with Gasteiger partial charge in [-0.25, -0.2) is 12.8 Å². The van der Waals surface area contributed by atoms with Crippen molar-refractivity contribution < 1.29 is 22.3 Å². The molecule has 2 aromatic rings. The summed E-state index contributed by atoms with van der Waals surface area (Å²) in [5.74, 6) is -0.535. The van der Waals surface area contributed by atoms with E-state index >= 15 is 0 Å². The van der Waals surface area contributed by atoms with Crippen LogP contribution in [0, 0.1) is 12.7 Å². The summed E-state index contributed by atoms with van der Waals surface area (Å²) in [5.41, 5.74) is 1.19.